The summed E-state index contributed by atoms with van der Waals surface area (Å²) in [5.74, 6) is 1.21. The van der Waals surface area contributed by atoms with E-state index < -0.39 is 9.84 Å². The molecule has 2 N–H and O–H groups in total. The molecule has 6 heteroatoms. The maximum absolute atomic E-state index is 11.5. The molecule has 2 aliphatic heterocycles. The first-order valence-corrected chi connectivity index (χ1v) is 7.64. The maximum atomic E-state index is 11.5. The Kier molecular flexibility index (Phi) is 2.02. The van der Waals surface area contributed by atoms with Crippen LogP contribution in [0.4, 0.5) is 0 Å². The molecule has 0 unspecified atom stereocenters. The molecule has 90 valence electrons. The molecule has 3 aliphatic rings. The second kappa shape index (κ2) is 3.12. The number of hydrogen-bond acceptors (Lipinski definition) is 5. The quantitative estimate of drug-likeness (QED) is 0.687. The molecule has 1 aliphatic carbocycles. The van der Waals surface area contributed by atoms with Gasteiger partial charge in [0.2, 0.25) is 0 Å². The van der Waals surface area contributed by atoms with E-state index in [1.54, 1.807) is 0 Å². The van der Waals surface area contributed by atoms with Crippen molar-refractivity contribution in [2.45, 2.75) is 37.3 Å². The van der Waals surface area contributed by atoms with Crippen molar-refractivity contribution < 1.29 is 8.42 Å². The molecular weight excluding hydrogens is 226 g/mol. The van der Waals surface area contributed by atoms with Gasteiger partial charge in [0.1, 0.15) is 0 Å². The fourth-order valence-corrected chi connectivity index (χ4v) is 4.43. The largest absolute Gasteiger partial charge is 0.370 e. The van der Waals surface area contributed by atoms with Crippen LogP contribution in [0.2, 0.25) is 0 Å². The number of rotatable bonds is 1. The summed E-state index contributed by atoms with van der Waals surface area (Å²) in [6.07, 6.45) is 3.72. The highest BCUT2D eigenvalue weighted by Crippen LogP contribution is 2.41. The summed E-state index contributed by atoms with van der Waals surface area (Å²) in [4.78, 5) is 6.54. The molecule has 2 fully saturated rings. The predicted molar refractivity (Wildman–Crippen MR) is 62.0 cm³/mol. The third-order valence-corrected chi connectivity index (χ3v) is 5.61. The maximum Gasteiger partial charge on any atom is 0.192 e. The van der Waals surface area contributed by atoms with Crippen molar-refractivity contribution in [1.82, 2.24) is 4.90 Å². The lowest BCUT2D eigenvalue weighted by Crippen LogP contribution is -2.56. The predicted octanol–water partition coefficient (Wildman–Crippen LogP) is -0.274. The van der Waals surface area contributed by atoms with E-state index in [9.17, 15) is 8.42 Å². The molecule has 5 nitrogen and oxygen atoms in total. The van der Waals surface area contributed by atoms with Gasteiger partial charge in [-0.25, -0.2) is 8.42 Å². The Morgan fingerprint density at radius 2 is 1.94 bits per heavy atom. The molecule has 0 aromatic carbocycles. The van der Waals surface area contributed by atoms with E-state index >= 15 is 0 Å². The van der Waals surface area contributed by atoms with Crippen LogP contribution in [0.3, 0.4) is 0 Å². The van der Waals surface area contributed by atoms with Crippen molar-refractivity contribution in [2.75, 3.05) is 18.1 Å². The van der Waals surface area contributed by atoms with Gasteiger partial charge in [-0.15, -0.1) is 0 Å². The first kappa shape index (κ1) is 10.4. The molecule has 1 saturated carbocycles. The van der Waals surface area contributed by atoms with Crippen molar-refractivity contribution in [3.05, 3.63) is 0 Å². The molecule has 1 saturated heterocycles. The van der Waals surface area contributed by atoms with Crippen LogP contribution in [0.5, 0.6) is 0 Å². The summed E-state index contributed by atoms with van der Waals surface area (Å²) < 4.78 is 23.0. The van der Waals surface area contributed by atoms with E-state index in [2.05, 4.69) is 9.89 Å². The van der Waals surface area contributed by atoms with Crippen LogP contribution in [0.15, 0.2) is 4.99 Å². The standard InChI is InChI=1S/C10H17N3O2S/c11-9-12-7-10(13(9)8-1-2-8)3-5-16(14,15)6-4-10/h8H,1-7H2,(H2,11,12). The first-order valence-electron chi connectivity index (χ1n) is 5.82. The second-order valence-corrected chi connectivity index (χ2v) is 7.46. The molecule has 0 aromatic rings. The molecular formula is C10H17N3O2S. The summed E-state index contributed by atoms with van der Waals surface area (Å²) >= 11 is 0. The summed E-state index contributed by atoms with van der Waals surface area (Å²) in [6.45, 7) is 0.685. The molecule has 3 rings (SSSR count). The van der Waals surface area contributed by atoms with E-state index in [4.69, 9.17) is 5.73 Å². The monoisotopic (exact) mass is 243 g/mol. The Morgan fingerprint density at radius 1 is 1.31 bits per heavy atom. The molecule has 0 aromatic heterocycles. The first-order chi connectivity index (χ1) is 7.53. The lowest BCUT2D eigenvalue weighted by atomic mass is 9.91. The Bertz CT molecular complexity index is 425. The highest BCUT2D eigenvalue weighted by atomic mass is 32.2. The van der Waals surface area contributed by atoms with Crippen LogP contribution in [-0.2, 0) is 9.84 Å². The van der Waals surface area contributed by atoms with Crippen LogP contribution in [0.1, 0.15) is 25.7 Å². The Labute approximate surface area is 95.6 Å². The summed E-state index contributed by atoms with van der Waals surface area (Å²) in [6, 6.07) is 0.520. The Balaban J connectivity index is 1.84. The fourth-order valence-electron chi connectivity index (χ4n) is 2.85. The number of guanidine groups is 1. The van der Waals surface area contributed by atoms with Gasteiger partial charge in [-0.2, -0.15) is 0 Å². The van der Waals surface area contributed by atoms with E-state index in [0.717, 1.165) is 0 Å². The van der Waals surface area contributed by atoms with Crippen LogP contribution in [0.25, 0.3) is 0 Å². The van der Waals surface area contributed by atoms with Gasteiger partial charge in [-0.3, -0.25) is 4.99 Å². The molecule has 0 atom stereocenters. The number of sulfone groups is 1. The Morgan fingerprint density at radius 3 is 2.50 bits per heavy atom. The van der Waals surface area contributed by atoms with Gasteiger partial charge >= 0.3 is 0 Å². The lowest BCUT2D eigenvalue weighted by Gasteiger charge is -2.42. The van der Waals surface area contributed by atoms with Gasteiger partial charge in [0.05, 0.1) is 23.6 Å². The smallest absolute Gasteiger partial charge is 0.192 e. The minimum atomic E-state index is -2.81. The van der Waals surface area contributed by atoms with Crippen LogP contribution in [0, 0.1) is 0 Å². The lowest BCUT2D eigenvalue weighted by molar-refractivity contribution is 0.174. The second-order valence-electron chi connectivity index (χ2n) is 5.15. The van der Waals surface area contributed by atoms with Gasteiger partial charge in [-0.05, 0) is 25.7 Å². The number of nitrogens with zero attached hydrogens (tertiary/aromatic N) is 2. The Hall–Kier alpha value is -0.780. The van der Waals surface area contributed by atoms with Crippen molar-refractivity contribution >= 4 is 15.8 Å². The molecule has 0 radical (unpaired) electrons. The molecule has 16 heavy (non-hydrogen) atoms. The summed E-state index contributed by atoms with van der Waals surface area (Å²) in [5.41, 5.74) is 5.85. The normalized spacial score (nSPS) is 31.8. The third-order valence-electron chi connectivity index (χ3n) is 3.96. The van der Waals surface area contributed by atoms with Crippen LogP contribution < -0.4 is 5.73 Å². The van der Waals surface area contributed by atoms with E-state index in [1.807, 2.05) is 0 Å². The van der Waals surface area contributed by atoms with Gasteiger partial charge in [-0.1, -0.05) is 0 Å². The molecule has 0 amide bonds. The van der Waals surface area contributed by atoms with E-state index in [0.29, 0.717) is 42.9 Å². The third kappa shape index (κ3) is 1.50. The van der Waals surface area contributed by atoms with Crippen LogP contribution >= 0.6 is 0 Å². The average Bonchev–Trinajstić information content (AvgIpc) is 2.99. The van der Waals surface area contributed by atoms with Gasteiger partial charge < -0.3 is 10.6 Å². The molecule has 0 bridgehead atoms. The number of nitrogens with two attached hydrogens (primary N) is 1. The zero-order valence-electron chi connectivity index (χ0n) is 9.22. The molecule has 1 spiro atoms. The zero-order valence-corrected chi connectivity index (χ0v) is 10.0. The van der Waals surface area contributed by atoms with Crippen molar-refractivity contribution in [3.63, 3.8) is 0 Å². The van der Waals surface area contributed by atoms with Gasteiger partial charge in [0.15, 0.2) is 15.8 Å². The highest BCUT2D eigenvalue weighted by molar-refractivity contribution is 7.91. The van der Waals surface area contributed by atoms with Gasteiger partial charge in [0.25, 0.3) is 0 Å². The average molecular weight is 243 g/mol. The van der Waals surface area contributed by atoms with Crippen LogP contribution in [-0.4, -0.2) is 48.9 Å². The summed E-state index contributed by atoms with van der Waals surface area (Å²) in [7, 11) is -2.81. The van der Waals surface area contributed by atoms with Crippen molar-refractivity contribution in [3.8, 4) is 0 Å². The number of aliphatic imine (C=N–C) groups is 1. The highest BCUT2D eigenvalue weighted by Gasteiger charge is 2.50. The van der Waals surface area contributed by atoms with E-state index in [-0.39, 0.29) is 5.54 Å². The fraction of sp³-hybridized carbons (Fsp3) is 0.900. The number of hydrogen-bond donors (Lipinski definition) is 1. The minimum Gasteiger partial charge on any atom is -0.370 e. The van der Waals surface area contributed by atoms with Crippen molar-refractivity contribution in [1.29, 1.82) is 0 Å². The summed E-state index contributed by atoms with van der Waals surface area (Å²) in [5, 5.41) is 0. The van der Waals surface area contributed by atoms with Gasteiger partial charge in [0, 0.05) is 6.04 Å². The van der Waals surface area contributed by atoms with Crippen molar-refractivity contribution in [2.24, 2.45) is 10.7 Å². The topological polar surface area (TPSA) is 75.8 Å². The minimum absolute atomic E-state index is 0.0728. The SMILES string of the molecule is NC1=NCC2(CCS(=O)(=O)CC2)N1C1CC1. The zero-order chi connectivity index (χ0) is 11.4. The molecule has 2 heterocycles. The van der Waals surface area contributed by atoms with E-state index in [1.165, 1.54) is 12.8 Å².